The van der Waals surface area contributed by atoms with Gasteiger partial charge in [0.2, 0.25) is 0 Å². The number of methoxy groups -OCH3 is 1. The van der Waals surface area contributed by atoms with Crippen LogP contribution in [-0.2, 0) is 4.74 Å². The minimum absolute atomic E-state index is 0.0735. The molecule has 2 rings (SSSR count). The predicted molar refractivity (Wildman–Crippen MR) is 84.0 cm³/mol. The van der Waals surface area contributed by atoms with Crippen LogP contribution in [0.3, 0.4) is 0 Å². The fourth-order valence-corrected chi connectivity index (χ4v) is 3.01. The standard InChI is InChI=1S/C17H25NO4/c1-12-9-13(5-6-14(12)19)15(20)18-8-7-17(21,11-22-4)16(2,3)10-18/h5-6,9,19,21H,7-8,10-11H2,1-4H3/t17-/m1/s1. The Morgan fingerprint density at radius 3 is 2.64 bits per heavy atom. The molecule has 0 radical (unpaired) electrons. The SMILES string of the molecule is COC[C@]1(O)CCN(C(=O)c2ccc(O)c(C)c2)CC1(C)C. The van der Waals surface area contributed by atoms with E-state index in [1.807, 2.05) is 13.8 Å². The molecule has 0 bridgehead atoms. The molecular weight excluding hydrogens is 282 g/mol. The number of nitrogens with zero attached hydrogens (tertiary/aromatic N) is 1. The van der Waals surface area contributed by atoms with Gasteiger partial charge in [-0.05, 0) is 37.1 Å². The molecule has 1 aliphatic rings. The fourth-order valence-electron chi connectivity index (χ4n) is 3.01. The first-order valence-corrected chi connectivity index (χ1v) is 7.50. The molecule has 0 saturated carbocycles. The average Bonchev–Trinajstić information content (AvgIpc) is 2.44. The molecule has 1 heterocycles. The van der Waals surface area contributed by atoms with Gasteiger partial charge in [-0.25, -0.2) is 0 Å². The summed E-state index contributed by atoms with van der Waals surface area (Å²) in [5, 5.41) is 20.3. The molecule has 2 N–H and O–H groups in total. The van der Waals surface area contributed by atoms with Crippen LogP contribution in [0, 0.1) is 12.3 Å². The maximum Gasteiger partial charge on any atom is 0.253 e. The molecule has 1 aliphatic heterocycles. The van der Waals surface area contributed by atoms with Gasteiger partial charge in [-0.2, -0.15) is 0 Å². The number of carbonyl (C=O) groups is 1. The van der Waals surface area contributed by atoms with E-state index in [1.165, 1.54) is 0 Å². The Balaban J connectivity index is 2.18. The lowest BCUT2D eigenvalue weighted by Gasteiger charge is -2.49. The highest BCUT2D eigenvalue weighted by Gasteiger charge is 2.48. The molecule has 1 fully saturated rings. The van der Waals surface area contributed by atoms with Gasteiger partial charge >= 0.3 is 0 Å². The van der Waals surface area contributed by atoms with Crippen molar-refractivity contribution >= 4 is 5.91 Å². The van der Waals surface area contributed by atoms with Gasteiger partial charge in [0.25, 0.3) is 5.91 Å². The van der Waals surface area contributed by atoms with Crippen molar-refractivity contribution in [1.82, 2.24) is 4.90 Å². The number of aromatic hydroxyl groups is 1. The monoisotopic (exact) mass is 307 g/mol. The molecule has 1 aromatic rings. The number of rotatable bonds is 3. The van der Waals surface area contributed by atoms with Crippen LogP contribution in [0.4, 0.5) is 0 Å². The second-order valence-corrected chi connectivity index (χ2v) is 6.83. The van der Waals surface area contributed by atoms with Crippen molar-refractivity contribution in [1.29, 1.82) is 0 Å². The third kappa shape index (κ3) is 2.96. The normalized spacial score (nSPS) is 24.3. The summed E-state index contributed by atoms with van der Waals surface area (Å²) in [5.41, 5.74) is -0.145. The highest BCUT2D eigenvalue weighted by Crippen LogP contribution is 2.39. The van der Waals surface area contributed by atoms with Crippen LogP contribution in [0.15, 0.2) is 18.2 Å². The summed E-state index contributed by atoms with van der Waals surface area (Å²) in [6, 6.07) is 4.87. The van der Waals surface area contributed by atoms with E-state index >= 15 is 0 Å². The van der Waals surface area contributed by atoms with E-state index < -0.39 is 11.0 Å². The van der Waals surface area contributed by atoms with Gasteiger partial charge < -0.3 is 19.8 Å². The molecule has 1 saturated heterocycles. The number of benzene rings is 1. The minimum Gasteiger partial charge on any atom is -0.508 e. The van der Waals surface area contributed by atoms with Gasteiger partial charge in [0, 0.05) is 31.2 Å². The molecular formula is C17H25NO4. The first-order valence-electron chi connectivity index (χ1n) is 7.50. The van der Waals surface area contributed by atoms with Gasteiger partial charge in [-0.1, -0.05) is 13.8 Å². The second-order valence-electron chi connectivity index (χ2n) is 6.83. The summed E-state index contributed by atoms with van der Waals surface area (Å²) in [7, 11) is 1.57. The lowest BCUT2D eigenvalue weighted by molar-refractivity contribution is -0.144. The summed E-state index contributed by atoms with van der Waals surface area (Å²) in [6.45, 7) is 6.89. The van der Waals surface area contributed by atoms with E-state index in [4.69, 9.17) is 4.74 Å². The molecule has 22 heavy (non-hydrogen) atoms. The number of aliphatic hydroxyl groups is 1. The average molecular weight is 307 g/mol. The number of hydrogen-bond donors (Lipinski definition) is 2. The third-order valence-corrected chi connectivity index (χ3v) is 4.76. The lowest BCUT2D eigenvalue weighted by Crippen LogP contribution is -2.60. The van der Waals surface area contributed by atoms with Crippen LogP contribution in [0.1, 0.15) is 36.2 Å². The van der Waals surface area contributed by atoms with Crippen molar-refractivity contribution in [3.05, 3.63) is 29.3 Å². The van der Waals surface area contributed by atoms with Gasteiger partial charge in [-0.15, -0.1) is 0 Å². The van der Waals surface area contributed by atoms with E-state index in [2.05, 4.69) is 0 Å². The van der Waals surface area contributed by atoms with Crippen molar-refractivity contribution in [2.45, 2.75) is 32.8 Å². The number of amides is 1. The van der Waals surface area contributed by atoms with E-state index in [9.17, 15) is 15.0 Å². The zero-order chi connectivity index (χ0) is 16.5. The number of hydrogen-bond acceptors (Lipinski definition) is 4. The zero-order valence-corrected chi connectivity index (χ0v) is 13.7. The summed E-state index contributed by atoms with van der Waals surface area (Å²) in [5.74, 6) is 0.112. The number of ether oxygens (including phenoxy) is 1. The van der Waals surface area contributed by atoms with Crippen LogP contribution >= 0.6 is 0 Å². The van der Waals surface area contributed by atoms with Gasteiger partial charge in [-0.3, -0.25) is 4.79 Å². The van der Waals surface area contributed by atoms with Crippen molar-refractivity contribution in [3.8, 4) is 5.75 Å². The first-order chi connectivity index (χ1) is 10.2. The van der Waals surface area contributed by atoms with E-state index in [0.717, 1.165) is 0 Å². The molecule has 0 spiro atoms. The van der Waals surface area contributed by atoms with Gasteiger partial charge in [0.15, 0.2) is 0 Å². The summed E-state index contributed by atoms with van der Waals surface area (Å²) < 4.78 is 5.15. The molecule has 122 valence electrons. The zero-order valence-electron chi connectivity index (χ0n) is 13.7. The highest BCUT2D eigenvalue weighted by atomic mass is 16.5. The number of aryl methyl sites for hydroxylation is 1. The molecule has 0 unspecified atom stereocenters. The molecule has 5 nitrogen and oxygen atoms in total. The topological polar surface area (TPSA) is 70.0 Å². The Kier molecular flexibility index (Phi) is 4.49. The number of piperidine rings is 1. The second kappa shape index (κ2) is 5.89. The number of carbonyl (C=O) groups excluding carboxylic acids is 1. The summed E-state index contributed by atoms with van der Waals surface area (Å²) >= 11 is 0. The Labute approximate surface area is 131 Å². The molecule has 0 aliphatic carbocycles. The predicted octanol–water partition coefficient (Wildman–Crippen LogP) is 1.95. The molecule has 1 aromatic carbocycles. The summed E-state index contributed by atoms with van der Waals surface area (Å²) in [6.07, 6.45) is 0.483. The van der Waals surface area contributed by atoms with Gasteiger partial charge in [0.1, 0.15) is 5.75 Å². The van der Waals surface area contributed by atoms with Crippen LogP contribution in [0.2, 0.25) is 0 Å². The smallest absolute Gasteiger partial charge is 0.253 e. The Bertz CT molecular complexity index is 570. The Hall–Kier alpha value is -1.59. The minimum atomic E-state index is -0.927. The number of phenolic OH excluding ortho intramolecular Hbond substituents is 1. The van der Waals surface area contributed by atoms with E-state index in [1.54, 1.807) is 37.1 Å². The summed E-state index contributed by atoms with van der Waals surface area (Å²) in [4.78, 5) is 14.4. The number of phenols is 1. The van der Waals surface area contributed by atoms with Crippen LogP contribution in [-0.4, -0.2) is 53.4 Å². The molecule has 1 amide bonds. The maximum atomic E-state index is 12.7. The highest BCUT2D eigenvalue weighted by molar-refractivity contribution is 5.94. The van der Waals surface area contributed by atoms with E-state index in [0.29, 0.717) is 30.6 Å². The van der Waals surface area contributed by atoms with Crippen molar-refractivity contribution in [3.63, 3.8) is 0 Å². The van der Waals surface area contributed by atoms with Crippen molar-refractivity contribution in [2.75, 3.05) is 26.8 Å². The van der Waals surface area contributed by atoms with Crippen LogP contribution < -0.4 is 0 Å². The number of likely N-dealkylation sites (tertiary alicyclic amines) is 1. The third-order valence-electron chi connectivity index (χ3n) is 4.76. The van der Waals surface area contributed by atoms with Crippen molar-refractivity contribution < 1.29 is 19.7 Å². The van der Waals surface area contributed by atoms with Crippen LogP contribution in [0.25, 0.3) is 0 Å². The van der Waals surface area contributed by atoms with Crippen molar-refractivity contribution in [2.24, 2.45) is 5.41 Å². The fraction of sp³-hybridized carbons (Fsp3) is 0.588. The van der Waals surface area contributed by atoms with E-state index in [-0.39, 0.29) is 18.3 Å². The molecule has 0 aromatic heterocycles. The quantitative estimate of drug-likeness (QED) is 0.895. The van der Waals surface area contributed by atoms with Gasteiger partial charge in [0.05, 0.1) is 12.2 Å². The largest absolute Gasteiger partial charge is 0.508 e. The maximum absolute atomic E-state index is 12.7. The van der Waals surface area contributed by atoms with Crippen LogP contribution in [0.5, 0.6) is 5.75 Å². The molecule has 5 heteroatoms. The molecule has 1 atom stereocenters. The first kappa shape index (κ1) is 16.8. The Morgan fingerprint density at radius 1 is 1.41 bits per heavy atom. The Morgan fingerprint density at radius 2 is 2.09 bits per heavy atom. The lowest BCUT2D eigenvalue weighted by atomic mass is 9.70.